The standard InChI is InChI=1S/C28H44N4O4/c1-9-10-11-12-19(2)20(3)13-14-21(4)31-23-15-16-32(27(34)36-28(5,6)7)24(18-29)26(23)22(30)17-25(33)35-8/h13-14,19,24H,9-12,15-17,30H2,1-8H3/b20-13+,21-14+,26-22+,31-23-. The molecule has 1 saturated heterocycles. The van der Waals surface area contributed by atoms with Crippen LogP contribution in [0.3, 0.4) is 0 Å². The Morgan fingerprint density at radius 2 is 1.94 bits per heavy atom. The van der Waals surface area contributed by atoms with Gasteiger partial charge in [0.1, 0.15) is 5.60 Å². The lowest BCUT2D eigenvalue weighted by molar-refractivity contribution is -0.139. The molecule has 0 aromatic rings. The van der Waals surface area contributed by atoms with Gasteiger partial charge in [0.2, 0.25) is 0 Å². The molecule has 1 aliphatic rings. The molecule has 0 aliphatic carbocycles. The number of likely N-dealkylation sites (tertiary alicyclic amines) is 1. The second-order valence-corrected chi connectivity index (χ2v) is 10.3. The Balaban J connectivity index is 3.34. The Kier molecular flexibility index (Phi) is 12.4. The van der Waals surface area contributed by atoms with E-state index < -0.39 is 23.7 Å². The predicted molar refractivity (Wildman–Crippen MR) is 143 cm³/mol. The van der Waals surface area contributed by atoms with Gasteiger partial charge in [0.25, 0.3) is 0 Å². The van der Waals surface area contributed by atoms with Crippen LogP contribution in [0.25, 0.3) is 0 Å². The summed E-state index contributed by atoms with van der Waals surface area (Å²) in [6.45, 7) is 14.0. The minimum Gasteiger partial charge on any atom is -0.469 e. The number of allylic oxidation sites excluding steroid dienone is 4. The topological polar surface area (TPSA) is 118 Å². The summed E-state index contributed by atoms with van der Waals surface area (Å²) in [5, 5.41) is 10.0. The second-order valence-electron chi connectivity index (χ2n) is 10.3. The molecule has 8 heteroatoms. The smallest absolute Gasteiger partial charge is 0.411 e. The van der Waals surface area contributed by atoms with Crippen LogP contribution in [0.4, 0.5) is 4.79 Å². The van der Waals surface area contributed by atoms with Crippen LogP contribution in [0.1, 0.15) is 87.0 Å². The number of aliphatic imine (C=N–C) groups is 1. The maximum atomic E-state index is 12.8. The van der Waals surface area contributed by atoms with Gasteiger partial charge in [-0.05, 0) is 53.0 Å². The molecule has 0 saturated carbocycles. The number of esters is 1. The summed E-state index contributed by atoms with van der Waals surface area (Å²) in [6.07, 6.45) is 8.39. The number of unbranched alkanes of at least 4 members (excludes halogenated alkanes) is 2. The third-order valence-corrected chi connectivity index (χ3v) is 6.06. The van der Waals surface area contributed by atoms with E-state index in [1.807, 2.05) is 13.0 Å². The molecular formula is C28H44N4O4. The monoisotopic (exact) mass is 500 g/mol. The van der Waals surface area contributed by atoms with E-state index in [0.717, 1.165) is 12.1 Å². The highest BCUT2D eigenvalue weighted by Gasteiger charge is 2.38. The molecule has 1 fully saturated rings. The number of nitriles is 1. The highest BCUT2D eigenvalue weighted by atomic mass is 16.6. The van der Waals surface area contributed by atoms with Crippen molar-refractivity contribution >= 4 is 17.8 Å². The van der Waals surface area contributed by atoms with Gasteiger partial charge in [0.05, 0.1) is 25.3 Å². The molecule has 1 heterocycles. The quantitative estimate of drug-likeness (QED) is 0.243. The summed E-state index contributed by atoms with van der Waals surface area (Å²) >= 11 is 0. The van der Waals surface area contributed by atoms with Gasteiger partial charge in [-0.1, -0.05) is 44.8 Å². The molecule has 1 rings (SSSR count). The molecule has 1 amide bonds. The van der Waals surface area contributed by atoms with Crippen LogP contribution in [-0.4, -0.2) is 48.0 Å². The van der Waals surface area contributed by atoms with E-state index in [2.05, 4.69) is 32.9 Å². The first-order valence-electron chi connectivity index (χ1n) is 12.7. The minimum atomic E-state index is -1.03. The number of amides is 1. The lowest BCUT2D eigenvalue weighted by Crippen LogP contribution is -2.50. The van der Waals surface area contributed by atoms with Crippen molar-refractivity contribution in [1.82, 2.24) is 4.90 Å². The van der Waals surface area contributed by atoms with Gasteiger partial charge in [-0.2, -0.15) is 5.26 Å². The minimum absolute atomic E-state index is 0.157. The third-order valence-electron chi connectivity index (χ3n) is 6.06. The first kappa shape index (κ1) is 31.0. The van der Waals surface area contributed by atoms with Crippen LogP contribution in [-0.2, 0) is 14.3 Å². The molecule has 36 heavy (non-hydrogen) atoms. The van der Waals surface area contributed by atoms with Crippen molar-refractivity contribution in [2.24, 2.45) is 16.6 Å². The molecule has 0 aromatic heterocycles. The van der Waals surface area contributed by atoms with E-state index in [-0.39, 0.29) is 18.7 Å². The van der Waals surface area contributed by atoms with Crippen molar-refractivity contribution in [2.75, 3.05) is 13.7 Å². The number of carbonyl (C=O) groups excluding carboxylic acids is 2. The number of carbonyl (C=O) groups is 2. The van der Waals surface area contributed by atoms with Crippen molar-refractivity contribution < 1.29 is 19.1 Å². The fourth-order valence-corrected chi connectivity index (χ4v) is 3.85. The Hall–Kier alpha value is -3.08. The Morgan fingerprint density at radius 3 is 2.50 bits per heavy atom. The van der Waals surface area contributed by atoms with Crippen molar-refractivity contribution in [3.05, 3.63) is 34.7 Å². The number of piperidine rings is 1. The maximum absolute atomic E-state index is 12.8. The Labute approximate surface area is 216 Å². The van der Waals surface area contributed by atoms with Crippen LogP contribution in [0, 0.1) is 17.2 Å². The van der Waals surface area contributed by atoms with Crippen molar-refractivity contribution in [3.8, 4) is 6.07 Å². The first-order valence-corrected chi connectivity index (χ1v) is 12.7. The zero-order valence-electron chi connectivity index (χ0n) is 23.3. The molecule has 2 atom stereocenters. The molecular weight excluding hydrogens is 456 g/mol. The molecule has 0 radical (unpaired) electrons. The Bertz CT molecular complexity index is 948. The number of ether oxygens (including phenoxy) is 2. The van der Waals surface area contributed by atoms with Gasteiger partial charge in [0.15, 0.2) is 6.04 Å². The summed E-state index contributed by atoms with van der Waals surface area (Å²) in [7, 11) is 1.27. The summed E-state index contributed by atoms with van der Waals surface area (Å²) in [6, 6.07) is 1.13. The van der Waals surface area contributed by atoms with Gasteiger partial charge in [0, 0.05) is 29.9 Å². The van der Waals surface area contributed by atoms with E-state index >= 15 is 0 Å². The predicted octanol–water partition coefficient (Wildman–Crippen LogP) is 5.80. The molecule has 0 bridgehead atoms. The average Bonchev–Trinajstić information content (AvgIpc) is 2.80. The molecule has 0 spiro atoms. The first-order chi connectivity index (χ1) is 16.8. The number of methoxy groups -OCH3 is 1. The number of hydrogen-bond acceptors (Lipinski definition) is 7. The van der Waals surface area contributed by atoms with Gasteiger partial charge in [-0.15, -0.1) is 0 Å². The number of nitrogens with zero attached hydrogens (tertiary/aromatic N) is 3. The van der Waals surface area contributed by atoms with Crippen LogP contribution in [0.5, 0.6) is 0 Å². The van der Waals surface area contributed by atoms with Gasteiger partial charge in [-0.3, -0.25) is 14.7 Å². The van der Waals surface area contributed by atoms with Gasteiger partial charge < -0.3 is 15.2 Å². The van der Waals surface area contributed by atoms with Crippen molar-refractivity contribution in [2.45, 2.75) is 98.6 Å². The largest absolute Gasteiger partial charge is 0.469 e. The van der Waals surface area contributed by atoms with Gasteiger partial charge in [-0.25, -0.2) is 4.79 Å². The van der Waals surface area contributed by atoms with Crippen molar-refractivity contribution in [3.63, 3.8) is 0 Å². The molecule has 8 nitrogen and oxygen atoms in total. The SMILES string of the molecule is CCCCCC(C)/C(C)=C/C=C(C)/N=C1/CCN(C(=O)OC(C)(C)C)C(C#N)/C1=C(/N)CC(=O)OC. The van der Waals surface area contributed by atoms with Crippen LogP contribution in [0.15, 0.2) is 39.7 Å². The zero-order valence-corrected chi connectivity index (χ0v) is 23.3. The summed E-state index contributed by atoms with van der Waals surface area (Å²) in [4.78, 5) is 30.9. The number of hydrogen-bond donors (Lipinski definition) is 1. The molecule has 2 unspecified atom stereocenters. The Morgan fingerprint density at radius 1 is 1.28 bits per heavy atom. The highest BCUT2D eigenvalue weighted by molar-refractivity contribution is 6.05. The maximum Gasteiger partial charge on any atom is 0.411 e. The summed E-state index contributed by atoms with van der Waals surface area (Å²) < 4.78 is 10.3. The van der Waals surface area contributed by atoms with E-state index in [4.69, 9.17) is 20.2 Å². The summed E-state index contributed by atoms with van der Waals surface area (Å²) in [5.41, 5.74) is 8.71. The molecule has 1 aliphatic heterocycles. The van der Waals surface area contributed by atoms with E-state index in [1.165, 1.54) is 36.8 Å². The fraction of sp³-hybridized carbons (Fsp3) is 0.643. The number of nitrogens with two attached hydrogens (primary N) is 1. The molecule has 2 N–H and O–H groups in total. The van der Waals surface area contributed by atoms with Crippen molar-refractivity contribution in [1.29, 1.82) is 5.26 Å². The zero-order chi connectivity index (χ0) is 27.5. The van der Waals surface area contributed by atoms with E-state index in [9.17, 15) is 14.9 Å². The fourth-order valence-electron chi connectivity index (χ4n) is 3.85. The highest BCUT2D eigenvalue weighted by Crippen LogP contribution is 2.27. The van der Waals surface area contributed by atoms with Crippen LogP contribution >= 0.6 is 0 Å². The van der Waals surface area contributed by atoms with Crippen LogP contribution in [0.2, 0.25) is 0 Å². The lowest BCUT2D eigenvalue weighted by Gasteiger charge is -2.36. The molecule has 0 aromatic carbocycles. The molecule has 200 valence electrons. The lowest BCUT2D eigenvalue weighted by atomic mass is 9.91. The second kappa shape index (κ2) is 14.5. The van der Waals surface area contributed by atoms with E-state index in [0.29, 0.717) is 23.6 Å². The average molecular weight is 501 g/mol. The number of rotatable bonds is 9. The van der Waals surface area contributed by atoms with Crippen LogP contribution < -0.4 is 5.73 Å². The van der Waals surface area contributed by atoms with Gasteiger partial charge >= 0.3 is 12.1 Å². The van der Waals surface area contributed by atoms with E-state index in [1.54, 1.807) is 20.8 Å². The third kappa shape index (κ3) is 9.88. The summed E-state index contributed by atoms with van der Waals surface area (Å²) in [5.74, 6) is -0.0484. The normalized spacial score (nSPS) is 20.6.